The molecule has 0 rings (SSSR count). The molecule has 0 radical (unpaired) electrons. The first-order chi connectivity index (χ1) is 12.5. The lowest BCUT2D eigenvalue weighted by molar-refractivity contribution is -0.155. The first kappa shape index (κ1) is 25.7. The van der Waals surface area contributed by atoms with Gasteiger partial charge in [0.15, 0.2) is 0 Å². The van der Waals surface area contributed by atoms with Gasteiger partial charge in [-0.3, -0.25) is 9.59 Å². The van der Waals surface area contributed by atoms with E-state index in [1.807, 2.05) is 0 Å². The predicted octanol–water partition coefficient (Wildman–Crippen LogP) is 2.23. The van der Waals surface area contributed by atoms with Gasteiger partial charge in [-0.05, 0) is 53.9 Å². The molecule has 9 heteroatoms. The van der Waals surface area contributed by atoms with Gasteiger partial charge in [0.1, 0.15) is 23.3 Å². The van der Waals surface area contributed by atoms with Crippen LogP contribution in [0.2, 0.25) is 0 Å². The van der Waals surface area contributed by atoms with Gasteiger partial charge in [-0.15, -0.1) is 0 Å². The van der Waals surface area contributed by atoms with E-state index in [9.17, 15) is 24.3 Å². The molecular formula is C19H34N2O7. The molecule has 3 N–H and O–H groups in total. The van der Waals surface area contributed by atoms with E-state index in [1.165, 1.54) is 0 Å². The number of ether oxygens (including phenoxy) is 2. The van der Waals surface area contributed by atoms with Gasteiger partial charge < -0.3 is 25.2 Å². The number of nitrogens with one attached hydrogen (secondary N) is 2. The SMILES string of the molecule is CC(C)[C@H](NC(=O)OC(C)(C)C)C(=O)N[C@@H](CCC(=O)OC(C)(C)C)C(=O)O. The minimum atomic E-state index is -1.29. The van der Waals surface area contributed by atoms with E-state index in [4.69, 9.17) is 9.47 Å². The minimum absolute atomic E-state index is 0.132. The highest BCUT2D eigenvalue weighted by Gasteiger charge is 2.30. The van der Waals surface area contributed by atoms with Crippen molar-refractivity contribution in [3.63, 3.8) is 0 Å². The Morgan fingerprint density at radius 3 is 1.79 bits per heavy atom. The number of carbonyl (C=O) groups excluding carboxylic acids is 3. The van der Waals surface area contributed by atoms with Crippen molar-refractivity contribution in [1.82, 2.24) is 10.6 Å². The lowest BCUT2D eigenvalue weighted by atomic mass is 10.0. The van der Waals surface area contributed by atoms with Gasteiger partial charge in [0.25, 0.3) is 0 Å². The van der Waals surface area contributed by atoms with Crippen molar-refractivity contribution < 1.29 is 33.8 Å². The van der Waals surface area contributed by atoms with Crippen molar-refractivity contribution in [2.75, 3.05) is 0 Å². The summed E-state index contributed by atoms with van der Waals surface area (Å²) in [7, 11) is 0. The third kappa shape index (κ3) is 11.4. The summed E-state index contributed by atoms with van der Waals surface area (Å²) < 4.78 is 10.3. The Bertz CT molecular complexity index is 574. The molecular weight excluding hydrogens is 368 g/mol. The molecule has 0 aliphatic heterocycles. The zero-order valence-electron chi connectivity index (χ0n) is 18.0. The molecule has 2 amide bonds. The maximum atomic E-state index is 12.5. The summed E-state index contributed by atoms with van der Waals surface area (Å²) in [5, 5.41) is 14.2. The summed E-state index contributed by atoms with van der Waals surface area (Å²) in [6, 6.07) is -2.28. The second-order valence-electron chi connectivity index (χ2n) is 8.89. The van der Waals surface area contributed by atoms with Gasteiger partial charge in [-0.2, -0.15) is 0 Å². The molecule has 0 bridgehead atoms. The summed E-state index contributed by atoms with van der Waals surface area (Å²) >= 11 is 0. The first-order valence-corrected chi connectivity index (χ1v) is 9.26. The molecule has 0 aliphatic rings. The quantitative estimate of drug-likeness (QED) is 0.531. The van der Waals surface area contributed by atoms with Crippen molar-refractivity contribution >= 4 is 23.9 Å². The molecule has 0 unspecified atom stereocenters. The molecule has 0 fully saturated rings. The summed E-state index contributed by atoms with van der Waals surface area (Å²) in [5.74, 6) is -2.82. The topological polar surface area (TPSA) is 131 Å². The van der Waals surface area contributed by atoms with Gasteiger partial charge in [-0.25, -0.2) is 9.59 Å². The molecule has 9 nitrogen and oxygen atoms in total. The molecule has 28 heavy (non-hydrogen) atoms. The monoisotopic (exact) mass is 402 g/mol. The number of hydrogen-bond donors (Lipinski definition) is 3. The third-order valence-corrected chi connectivity index (χ3v) is 3.29. The Labute approximate surface area is 166 Å². The van der Waals surface area contributed by atoms with Crippen LogP contribution >= 0.6 is 0 Å². The van der Waals surface area contributed by atoms with Gasteiger partial charge in [0.2, 0.25) is 5.91 Å². The average Bonchev–Trinajstić information content (AvgIpc) is 2.44. The molecule has 0 spiro atoms. The van der Waals surface area contributed by atoms with Crippen LogP contribution in [0.15, 0.2) is 0 Å². The fraction of sp³-hybridized carbons (Fsp3) is 0.789. The molecule has 0 aromatic heterocycles. The fourth-order valence-corrected chi connectivity index (χ4v) is 2.14. The van der Waals surface area contributed by atoms with Crippen molar-refractivity contribution in [2.45, 2.75) is 91.5 Å². The van der Waals surface area contributed by atoms with Crippen molar-refractivity contribution in [1.29, 1.82) is 0 Å². The molecule has 0 aliphatic carbocycles. The van der Waals surface area contributed by atoms with Crippen LogP contribution in [-0.4, -0.2) is 52.3 Å². The van der Waals surface area contributed by atoms with Crippen molar-refractivity contribution in [3.05, 3.63) is 0 Å². The number of carboxylic acid groups (broad SMARTS) is 1. The van der Waals surface area contributed by atoms with Gasteiger partial charge in [-0.1, -0.05) is 13.8 Å². The highest BCUT2D eigenvalue weighted by molar-refractivity contribution is 5.89. The van der Waals surface area contributed by atoms with E-state index >= 15 is 0 Å². The number of aliphatic carboxylic acids is 1. The lowest BCUT2D eigenvalue weighted by Crippen LogP contribution is -2.54. The van der Waals surface area contributed by atoms with Gasteiger partial charge in [0.05, 0.1) is 0 Å². The molecule has 0 saturated heterocycles. The molecule has 0 aromatic rings. The standard InChI is InChI=1S/C19H34N2O7/c1-11(2)14(21-17(26)28-19(6,7)8)15(23)20-12(16(24)25)9-10-13(22)27-18(3,4)5/h11-12,14H,9-10H2,1-8H3,(H,20,23)(H,21,26)(H,24,25)/t12-,14-/m0/s1. The highest BCUT2D eigenvalue weighted by atomic mass is 16.6. The number of hydrogen-bond acceptors (Lipinski definition) is 6. The van der Waals surface area contributed by atoms with E-state index < -0.39 is 47.2 Å². The number of esters is 1. The Morgan fingerprint density at radius 2 is 1.39 bits per heavy atom. The molecule has 0 saturated carbocycles. The summed E-state index contributed by atoms with van der Waals surface area (Å²) in [4.78, 5) is 47.7. The van der Waals surface area contributed by atoms with Crippen LogP contribution < -0.4 is 10.6 Å². The third-order valence-electron chi connectivity index (χ3n) is 3.29. The smallest absolute Gasteiger partial charge is 0.408 e. The van der Waals surface area contributed by atoms with E-state index in [1.54, 1.807) is 55.4 Å². The number of alkyl carbamates (subject to hydrolysis) is 1. The van der Waals surface area contributed by atoms with E-state index in [0.29, 0.717) is 0 Å². The predicted molar refractivity (Wildman–Crippen MR) is 103 cm³/mol. The van der Waals surface area contributed by atoms with Gasteiger partial charge in [0, 0.05) is 6.42 Å². The Morgan fingerprint density at radius 1 is 0.893 bits per heavy atom. The number of carboxylic acids is 1. The molecule has 0 heterocycles. The Kier molecular flexibility index (Phi) is 9.43. The Balaban J connectivity index is 4.96. The highest BCUT2D eigenvalue weighted by Crippen LogP contribution is 2.12. The van der Waals surface area contributed by atoms with E-state index in [0.717, 1.165) is 0 Å². The molecule has 0 aromatic carbocycles. The Hall–Kier alpha value is -2.32. The number of rotatable bonds is 8. The van der Waals surface area contributed by atoms with E-state index in [2.05, 4.69) is 10.6 Å². The molecule has 2 atom stereocenters. The maximum Gasteiger partial charge on any atom is 0.408 e. The normalized spacial score (nSPS) is 14.0. The number of amides is 2. The van der Waals surface area contributed by atoms with Crippen LogP contribution in [-0.2, 0) is 23.9 Å². The van der Waals surface area contributed by atoms with Crippen LogP contribution in [0.3, 0.4) is 0 Å². The summed E-state index contributed by atoms with van der Waals surface area (Å²) in [6.45, 7) is 13.6. The van der Waals surface area contributed by atoms with Crippen LogP contribution in [0.25, 0.3) is 0 Å². The fourth-order valence-electron chi connectivity index (χ4n) is 2.14. The molecule has 162 valence electrons. The van der Waals surface area contributed by atoms with Crippen molar-refractivity contribution in [3.8, 4) is 0 Å². The lowest BCUT2D eigenvalue weighted by Gasteiger charge is -2.26. The first-order valence-electron chi connectivity index (χ1n) is 9.26. The van der Waals surface area contributed by atoms with Crippen molar-refractivity contribution in [2.24, 2.45) is 5.92 Å². The van der Waals surface area contributed by atoms with Crippen LogP contribution in [0.4, 0.5) is 4.79 Å². The summed E-state index contributed by atoms with van der Waals surface area (Å²) in [5.41, 5.74) is -1.42. The zero-order chi connectivity index (χ0) is 22.3. The second-order valence-corrected chi connectivity index (χ2v) is 8.89. The maximum absolute atomic E-state index is 12.5. The second kappa shape index (κ2) is 10.3. The van der Waals surface area contributed by atoms with E-state index in [-0.39, 0.29) is 18.8 Å². The van der Waals surface area contributed by atoms with Crippen LogP contribution in [0.1, 0.15) is 68.2 Å². The largest absolute Gasteiger partial charge is 0.480 e. The van der Waals surface area contributed by atoms with Gasteiger partial charge >= 0.3 is 18.0 Å². The minimum Gasteiger partial charge on any atom is -0.480 e. The number of carbonyl (C=O) groups is 4. The average molecular weight is 402 g/mol. The van der Waals surface area contributed by atoms with Crippen LogP contribution in [0, 0.1) is 5.92 Å². The zero-order valence-corrected chi connectivity index (χ0v) is 18.0. The summed E-state index contributed by atoms with van der Waals surface area (Å²) in [6.07, 6.45) is -1.07. The van der Waals surface area contributed by atoms with Crippen LogP contribution in [0.5, 0.6) is 0 Å².